The van der Waals surface area contributed by atoms with Gasteiger partial charge in [-0.2, -0.15) is 0 Å². The molecule has 24 heavy (non-hydrogen) atoms. The first kappa shape index (κ1) is 15.7. The summed E-state index contributed by atoms with van der Waals surface area (Å²) in [4.78, 5) is 16.3. The molecular weight excluding hydrogens is 304 g/mol. The molecule has 1 heterocycles. The van der Waals surface area contributed by atoms with Gasteiger partial charge in [0.25, 0.3) is 0 Å². The van der Waals surface area contributed by atoms with Crippen LogP contribution in [0.25, 0.3) is 0 Å². The van der Waals surface area contributed by atoms with Crippen LogP contribution in [0.1, 0.15) is 55.8 Å². The molecule has 1 aromatic heterocycles. The Morgan fingerprint density at radius 2 is 2.00 bits per heavy atom. The van der Waals surface area contributed by atoms with Gasteiger partial charge in [0.05, 0.1) is 22.5 Å². The van der Waals surface area contributed by atoms with Crippen LogP contribution in [0.3, 0.4) is 0 Å². The molecule has 0 aromatic carbocycles. The Morgan fingerprint density at radius 3 is 2.58 bits per heavy atom. The predicted octanol–water partition coefficient (Wildman–Crippen LogP) is 2.19. The van der Waals surface area contributed by atoms with E-state index in [0.29, 0.717) is 41.1 Å². The number of anilines is 3. The summed E-state index contributed by atoms with van der Waals surface area (Å²) in [5.41, 5.74) is 13.1. The zero-order valence-corrected chi connectivity index (χ0v) is 14.1. The van der Waals surface area contributed by atoms with E-state index in [-0.39, 0.29) is 17.6 Å². The molecule has 4 aliphatic rings. The van der Waals surface area contributed by atoms with Crippen LogP contribution < -0.4 is 16.8 Å². The van der Waals surface area contributed by atoms with Gasteiger partial charge in [-0.25, -0.2) is 4.98 Å². The largest absolute Gasteiger partial charge is 0.394 e. The first-order chi connectivity index (χ1) is 11.4. The van der Waals surface area contributed by atoms with E-state index >= 15 is 0 Å². The lowest BCUT2D eigenvalue weighted by Crippen LogP contribution is -2.59. The highest BCUT2D eigenvalue weighted by Crippen LogP contribution is 2.56. The third-order valence-electron chi connectivity index (χ3n) is 6.32. The molecule has 5 atom stereocenters. The van der Waals surface area contributed by atoms with Crippen LogP contribution in [-0.4, -0.2) is 27.5 Å². The van der Waals surface area contributed by atoms with Gasteiger partial charge in [0.2, 0.25) is 0 Å². The molecule has 0 spiro atoms. The number of Topliss-reactive ketones (excluding diaryl/α,β-unsaturated/α-hetero) is 1. The number of ketones is 1. The Kier molecular flexibility index (Phi) is 3.49. The summed E-state index contributed by atoms with van der Waals surface area (Å²) < 4.78 is 0. The van der Waals surface area contributed by atoms with Crippen LogP contribution in [0.4, 0.5) is 17.2 Å². The lowest BCUT2D eigenvalue weighted by Gasteiger charge is -2.58. The molecule has 4 aliphatic carbocycles. The van der Waals surface area contributed by atoms with Crippen molar-refractivity contribution in [1.29, 1.82) is 0 Å². The Balaban J connectivity index is 1.67. The summed E-state index contributed by atoms with van der Waals surface area (Å²) in [7, 11) is 0. The maximum Gasteiger partial charge on any atom is 0.166 e. The van der Waals surface area contributed by atoms with Crippen molar-refractivity contribution in [3.63, 3.8) is 0 Å². The summed E-state index contributed by atoms with van der Waals surface area (Å²) in [5.74, 6) is 1.77. The molecule has 0 aliphatic heterocycles. The Morgan fingerprint density at radius 1 is 1.33 bits per heavy atom. The summed E-state index contributed by atoms with van der Waals surface area (Å²) >= 11 is 0. The Labute approximate surface area is 142 Å². The van der Waals surface area contributed by atoms with Gasteiger partial charge < -0.3 is 21.9 Å². The second-order valence-corrected chi connectivity index (χ2v) is 7.99. The first-order valence-electron chi connectivity index (χ1n) is 8.96. The van der Waals surface area contributed by atoms with Crippen molar-refractivity contribution < 1.29 is 9.90 Å². The minimum Gasteiger partial charge on any atom is -0.394 e. The molecule has 6 nitrogen and oxygen atoms in total. The number of nitrogens with zero attached hydrogens (tertiary/aromatic N) is 1. The molecule has 6 N–H and O–H groups in total. The fourth-order valence-electron chi connectivity index (χ4n) is 5.48. The lowest BCUT2D eigenvalue weighted by molar-refractivity contribution is -0.129. The van der Waals surface area contributed by atoms with Crippen LogP contribution in [0.5, 0.6) is 0 Å². The van der Waals surface area contributed by atoms with E-state index in [1.54, 1.807) is 0 Å². The number of pyridine rings is 1. The van der Waals surface area contributed by atoms with E-state index in [1.807, 2.05) is 6.92 Å². The number of nitrogen functional groups attached to an aromatic ring is 2. The molecule has 130 valence electrons. The normalized spacial score (nSPS) is 36.8. The van der Waals surface area contributed by atoms with E-state index in [0.717, 1.165) is 32.1 Å². The van der Waals surface area contributed by atoms with Crippen molar-refractivity contribution in [2.45, 2.75) is 57.1 Å². The topological polar surface area (TPSA) is 114 Å². The highest BCUT2D eigenvalue weighted by atomic mass is 16.3. The summed E-state index contributed by atoms with van der Waals surface area (Å²) in [5, 5.41) is 14.3. The summed E-state index contributed by atoms with van der Waals surface area (Å²) in [6.07, 6.45) is 6.87. The number of nitrogens with one attached hydrogen (secondary N) is 1. The molecule has 3 unspecified atom stereocenters. The van der Waals surface area contributed by atoms with Gasteiger partial charge in [-0.05, 0) is 49.9 Å². The molecule has 0 radical (unpaired) electrons. The molecule has 6 heteroatoms. The number of aliphatic hydroxyl groups is 1. The lowest BCUT2D eigenvalue weighted by atomic mass is 9.52. The van der Waals surface area contributed by atoms with Gasteiger partial charge in [-0.3, -0.25) is 4.79 Å². The van der Waals surface area contributed by atoms with Gasteiger partial charge >= 0.3 is 0 Å². The van der Waals surface area contributed by atoms with Crippen molar-refractivity contribution in [3.05, 3.63) is 11.8 Å². The van der Waals surface area contributed by atoms with E-state index in [4.69, 9.17) is 11.5 Å². The summed E-state index contributed by atoms with van der Waals surface area (Å²) in [6, 6.07) is 0.245. The number of hydrogen-bond acceptors (Lipinski definition) is 6. The SMILES string of the molecule is CCC(=O)c1cnc(N)c(N)c1NC1[C@@H]2CC3C[C@H]1CC(O)(C3)C2. The smallest absolute Gasteiger partial charge is 0.166 e. The quantitative estimate of drug-likeness (QED) is 0.629. The zero-order valence-electron chi connectivity index (χ0n) is 14.1. The maximum absolute atomic E-state index is 12.3. The maximum atomic E-state index is 12.3. The molecule has 0 amide bonds. The average Bonchev–Trinajstić information content (AvgIpc) is 2.52. The second-order valence-electron chi connectivity index (χ2n) is 7.99. The van der Waals surface area contributed by atoms with Crippen molar-refractivity contribution in [3.8, 4) is 0 Å². The molecular formula is C18H26N4O2. The highest BCUT2D eigenvalue weighted by Gasteiger charge is 2.54. The zero-order chi connectivity index (χ0) is 17.1. The third-order valence-corrected chi connectivity index (χ3v) is 6.32. The number of hydrogen-bond donors (Lipinski definition) is 4. The van der Waals surface area contributed by atoms with Crippen LogP contribution >= 0.6 is 0 Å². The van der Waals surface area contributed by atoms with Crippen molar-refractivity contribution in [1.82, 2.24) is 4.98 Å². The molecule has 4 fully saturated rings. The fourth-order valence-corrected chi connectivity index (χ4v) is 5.48. The minimum atomic E-state index is -0.473. The summed E-state index contributed by atoms with van der Waals surface area (Å²) in [6.45, 7) is 1.83. The van der Waals surface area contributed by atoms with Crippen molar-refractivity contribution in [2.24, 2.45) is 17.8 Å². The van der Waals surface area contributed by atoms with Crippen LogP contribution in [0.15, 0.2) is 6.20 Å². The number of carbonyl (C=O) groups is 1. The molecule has 4 bridgehead atoms. The molecule has 5 rings (SSSR count). The van der Waals surface area contributed by atoms with E-state index < -0.39 is 5.60 Å². The van der Waals surface area contributed by atoms with Crippen LogP contribution in [0.2, 0.25) is 0 Å². The van der Waals surface area contributed by atoms with E-state index in [9.17, 15) is 9.90 Å². The standard InChI is InChI=1S/C18H26N4O2/c1-2-13(23)12-8-21-17(20)14(19)16(12)22-15-10-3-9-4-11(15)7-18(24,5-9)6-10/h8-11,15,24H,2-7,19H2,1H3,(H3,20,21,22)/t9?,10-,11+,15?,18?. The monoisotopic (exact) mass is 330 g/mol. The van der Waals surface area contributed by atoms with Gasteiger partial charge in [-0.1, -0.05) is 6.92 Å². The van der Waals surface area contributed by atoms with Crippen molar-refractivity contribution in [2.75, 3.05) is 16.8 Å². The number of carbonyl (C=O) groups excluding carboxylic acids is 1. The number of rotatable bonds is 4. The Bertz CT molecular complexity index is 674. The minimum absolute atomic E-state index is 0.0131. The van der Waals surface area contributed by atoms with E-state index in [2.05, 4.69) is 10.3 Å². The number of nitrogens with two attached hydrogens (primary N) is 2. The average molecular weight is 330 g/mol. The number of aromatic nitrogens is 1. The van der Waals surface area contributed by atoms with Crippen molar-refractivity contribution >= 4 is 23.0 Å². The van der Waals surface area contributed by atoms with E-state index in [1.165, 1.54) is 6.20 Å². The molecule has 0 saturated heterocycles. The van der Waals surface area contributed by atoms with Gasteiger partial charge in [0.1, 0.15) is 5.82 Å². The first-order valence-corrected chi connectivity index (χ1v) is 8.96. The predicted molar refractivity (Wildman–Crippen MR) is 93.6 cm³/mol. The Hall–Kier alpha value is -1.82. The highest BCUT2D eigenvalue weighted by molar-refractivity contribution is 6.04. The molecule has 1 aromatic rings. The van der Waals surface area contributed by atoms with Crippen LogP contribution in [0, 0.1) is 17.8 Å². The fraction of sp³-hybridized carbons (Fsp3) is 0.667. The molecule has 4 saturated carbocycles. The third kappa shape index (κ3) is 2.35. The van der Waals surface area contributed by atoms with Crippen LogP contribution in [-0.2, 0) is 0 Å². The van der Waals surface area contributed by atoms with Gasteiger partial charge in [0.15, 0.2) is 5.78 Å². The van der Waals surface area contributed by atoms with Gasteiger partial charge in [-0.15, -0.1) is 0 Å². The second kappa shape index (κ2) is 5.34. The van der Waals surface area contributed by atoms with Gasteiger partial charge in [0, 0.05) is 18.7 Å².